The van der Waals surface area contributed by atoms with E-state index in [4.69, 9.17) is 0 Å². The molecule has 0 fully saturated rings. The maximum absolute atomic E-state index is 12.4. The first-order valence-corrected chi connectivity index (χ1v) is 3.98. The van der Waals surface area contributed by atoms with Crippen LogP contribution in [0.5, 0.6) is 0 Å². The molecule has 0 amide bonds. The maximum atomic E-state index is 12.4. The molecule has 1 aromatic rings. The van der Waals surface area contributed by atoms with Crippen molar-refractivity contribution in [2.75, 3.05) is 6.67 Å². The van der Waals surface area contributed by atoms with Crippen LogP contribution >= 0.6 is 0 Å². The molecular formula is C10H10FNO. The Morgan fingerprint density at radius 2 is 2.23 bits per heavy atom. The van der Waals surface area contributed by atoms with Crippen LogP contribution in [0.2, 0.25) is 0 Å². The molecule has 0 aliphatic rings. The van der Waals surface area contributed by atoms with Gasteiger partial charge in [0.2, 0.25) is 6.08 Å². The second-order valence-corrected chi connectivity index (χ2v) is 2.75. The molecule has 0 saturated carbocycles. The third kappa shape index (κ3) is 2.23. The molecule has 0 heterocycles. The fourth-order valence-corrected chi connectivity index (χ4v) is 1.21. The van der Waals surface area contributed by atoms with Gasteiger partial charge in [0, 0.05) is 0 Å². The highest BCUT2D eigenvalue weighted by Crippen LogP contribution is 2.20. The monoisotopic (exact) mass is 179 g/mol. The fourth-order valence-electron chi connectivity index (χ4n) is 1.21. The topological polar surface area (TPSA) is 29.4 Å². The van der Waals surface area contributed by atoms with Gasteiger partial charge in [-0.05, 0) is 18.1 Å². The molecule has 3 heteroatoms. The van der Waals surface area contributed by atoms with Crippen molar-refractivity contribution in [1.29, 1.82) is 0 Å². The lowest BCUT2D eigenvalue weighted by atomic mass is 10.0. The number of rotatable bonds is 3. The standard InChI is InChI=1S/C10H10FNO/c1-8-4-2-3-5-9(8)10(6-11)12-7-13/h2-5,10H,6H2,1H3. The normalized spacial score (nSPS) is 11.8. The molecule has 0 saturated heterocycles. The number of carbonyl (C=O) groups excluding carboxylic acids is 1. The van der Waals surface area contributed by atoms with Crippen LogP contribution in [0.3, 0.4) is 0 Å². The number of alkyl halides is 1. The molecule has 0 aliphatic carbocycles. The number of nitrogens with zero attached hydrogens (tertiary/aromatic N) is 1. The van der Waals surface area contributed by atoms with E-state index < -0.39 is 12.7 Å². The summed E-state index contributed by atoms with van der Waals surface area (Å²) in [6.45, 7) is 1.19. The van der Waals surface area contributed by atoms with Gasteiger partial charge in [-0.1, -0.05) is 24.3 Å². The SMILES string of the molecule is Cc1ccccc1C(CF)N=C=O. The Bertz CT molecular complexity index is 331. The van der Waals surface area contributed by atoms with Gasteiger partial charge in [0.15, 0.2) is 0 Å². The Morgan fingerprint density at radius 1 is 1.54 bits per heavy atom. The first-order chi connectivity index (χ1) is 6.29. The van der Waals surface area contributed by atoms with Gasteiger partial charge in [0.05, 0.1) is 0 Å². The van der Waals surface area contributed by atoms with Crippen LogP contribution in [0, 0.1) is 6.92 Å². The van der Waals surface area contributed by atoms with Gasteiger partial charge in [0.1, 0.15) is 12.7 Å². The number of halogens is 1. The van der Waals surface area contributed by atoms with Gasteiger partial charge in [0.25, 0.3) is 0 Å². The zero-order chi connectivity index (χ0) is 9.68. The Hall–Kier alpha value is -1.47. The summed E-state index contributed by atoms with van der Waals surface area (Å²) in [5.41, 5.74) is 1.68. The average molecular weight is 179 g/mol. The number of hydrogen-bond acceptors (Lipinski definition) is 2. The van der Waals surface area contributed by atoms with E-state index in [1.165, 1.54) is 6.08 Å². The lowest BCUT2D eigenvalue weighted by molar-refractivity contribution is 0.435. The lowest BCUT2D eigenvalue weighted by Gasteiger charge is -2.08. The van der Waals surface area contributed by atoms with E-state index in [9.17, 15) is 9.18 Å². The summed E-state index contributed by atoms with van der Waals surface area (Å²) in [7, 11) is 0. The van der Waals surface area contributed by atoms with Crippen LogP contribution in [0.1, 0.15) is 17.2 Å². The Kier molecular flexibility index (Phi) is 3.35. The molecule has 0 spiro atoms. The van der Waals surface area contributed by atoms with Crippen LogP contribution in [0.15, 0.2) is 29.3 Å². The molecular weight excluding hydrogens is 169 g/mol. The lowest BCUT2D eigenvalue weighted by Crippen LogP contribution is -1.99. The minimum absolute atomic E-state index is 0.667. The molecule has 1 atom stereocenters. The highest BCUT2D eigenvalue weighted by atomic mass is 19.1. The van der Waals surface area contributed by atoms with Gasteiger partial charge >= 0.3 is 0 Å². The number of isocyanates is 1. The third-order valence-electron chi connectivity index (χ3n) is 1.90. The second kappa shape index (κ2) is 4.53. The van der Waals surface area contributed by atoms with Gasteiger partial charge in [-0.2, -0.15) is 4.99 Å². The number of benzene rings is 1. The van der Waals surface area contributed by atoms with Crippen molar-refractivity contribution < 1.29 is 9.18 Å². The van der Waals surface area contributed by atoms with E-state index in [0.29, 0.717) is 0 Å². The van der Waals surface area contributed by atoms with Crippen molar-refractivity contribution in [3.8, 4) is 0 Å². The minimum Gasteiger partial charge on any atom is -0.248 e. The Balaban J connectivity index is 3.04. The van der Waals surface area contributed by atoms with E-state index >= 15 is 0 Å². The third-order valence-corrected chi connectivity index (χ3v) is 1.90. The largest absolute Gasteiger partial charge is 0.248 e. The smallest absolute Gasteiger partial charge is 0.235 e. The van der Waals surface area contributed by atoms with E-state index in [2.05, 4.69) is 4.99 Å². The summed E-state index contributed by atoms with van der Waals surface area (Å²) in [6.07, 6.45) is 1.38. The van der Waals surface area contributed by atoms with Crippen LogP contribution in [-0.4, -0.2) is 12.8 Å². The summed E-state index contributed by atoms with van der Waals surface area (Å²) < 4.78 is 12.4. The summed E-state index contributed by atoms with van der Waals surface area (Å²) in [4.78, 5) is 13.4. The first kappa shape index (κ1) is 9.62. The van der Waals surface area contributed by atoms with Crippen LogP contribution in [-0.2, 0) is 4.79 Å². The van der Waals surface area contributed by atoms with E-state index in [1.807, 2.05) is 19.1 Å². The van der Waals surface area contributed by atoms with Crippen molar-refractivity contribution >= 4 is 6.08 Å². The zero-order valence-corrected chi connectivity index (χ0v) is 7.33. The van der Waals surface area contributed by atoms with Crippen LogP contribution in [0.4, 0.5) is 4.39 Å². The van der Waals surface area contributed by atoms with Crippen LogP contribution in [0.25, 0.3) is 0 Å². The van der Waals surface area contributed by atoms with Crippen LogP contribution < -0.4 is 0 Å². The summed E-state index contributed by atoms with van der Waals surface area (Å²) >= 11 is 0. The van der Waals surface area contributed by atoms with Gasteiger partial charge < -0.3 is 0 Å². The molecule has 68 valence electrons. The predicted octanol–water partition coefficient (Wildman–Crippen LogP) is 2.34. The zero-order valence-electron chi connectivity index (χ0n) is 7.33. The van der Waals surface area contributed by atoms with Gasteiger partial charge in [-0.25, -0.2) is 9.18 Å². The second-order valence-electron chi connectivity index (χ2n) is 2.75. The first-order valence-electron chi connectivity index (χ1n) is 3.98. The predicted molar refractivity (Wildman–Crippen MR) is 48.0 cm³/mol. The highest BCUT2D eigenvalue weighted by molar-refractivity contribution is 5.37. The molecule has 0 radical (unpaired) electrons. The molecule has 1 rings (SSSR count). The maximum Gasteiger partial charge on any atom is 0.235 e. The van der Waals surface area contributed by atoms with E-state index in [1.54, 1.807) is 12.1 Å². The number of aryl methyl sites for hydroxylation is 1. The molecule has 0 N–H and O–H groups in total. The summed E-state index contributed by atoms with van der Waals surface area (Å²) in [6, 6.07) is 6.58. The van der Waals surface area contributed by atoms with Crippen molar-refractivity contribution in [3.63, 3.8) is 0 Å². The molecule has 0 aromatic heterocycles. The molecule has 0 bridgehead atoms. The Labute approximate surface area is 76.1 Å². The molecule has 1 aromatic carbocycles. The quantitative estimate of drug-likeness (QED) is 0.517. The van der Waals surface area contributed by atoms with E-state index in [-0.39, 0.29) is 0 Å². The van der Waals surface area contributed by atoms with Gasteiger partial charge in [-0.15, -0.1) is 0 Å². The highest BCUT2D eigenvalue weighted by Gasteiger charge is 2.10. The average Bonchev–Trinajstić information content (AvgIpc) is 2.16. The molecule has 13 heavy (non-hydrogen) atoms. The molecule has 0 aliphatic heterocycles. The van der Waals surface area contributed by atoms with Gasteiger partial charge in [-0.3, -0.25) is 0 Å². The Morgan fingerprint density at radius 3 is 2.77 bits per heavy atom. The van der Waals surface area contributed by atoms with Crippen molar-refractivity contribution in [2.24, 2.45) is 4.99 Å². The summed E-state index contributed by atoms with van der Waals surface area (Å²) in [5, 5.41) is 0. The molecule has 1 unspecified atom stereocenters. The number of hydrogen-bond donors (Lipinski definition) is 0. The van der Waals surface area contributed by atoms with E-state index in [0.717, 1.165) is 11.1 Å². The molecule has 2 nitrogen and oxygen atoms in total. The fraction of sp³-hybridized carbons (Fsp3) is 0.300. The van der Waals surface area contributed by atoms with Crippen molar-refractivity contribution in [2.45, 2.75) is 13.0 Å². The minimum atomic E-state index is -0.696. The van der Waals surface area contributed by atoms with Crippen molar-refractivity contribution in [1.82, 2.24) is 0 Å². The summed E-state index contributed by atoms with van der Waals surface area (Å²) in [5.74, 6) is 0. The van der Waals surface area contributed by atoms with Crippen molar-refractivity contribution in [3.05, 3.63) is 35.4 Å². The number of aliphatic imine (C=N–C) groups is 1.